The zero-order valence-corrected chi connectivity index (χ0v) is 8.49. The van der Waals surface area contributed by atoms with Crippen LogP contribution in [0, 0.1) is 0 Å². The highest BCUT2D eigenvalue weighted by Crippen LogP contribution is 2.15. The molecular weight excluding hydrogens is 166 g/mol. The number of hydrazine groups is 1. The molecule has 1 fully saturated rings. The third kappa shape index (κ3) is 2.42. The molecule has 13 heavy (non-hydrogen) atoms. The summed E-state index contributed by atoms with van der Waals surface area (Å²) in [6.45, 7) is 6.49. The lowest BCUT2D eigenvalue weighted by atomic mass is 10.3. The summed E-state index contributed by atoms with van der Waals surface area (Å²) in [5, 5.41) is 3.97. The van der Waals surface area contributed by atoms with E-state index in [0.29, 0.717) is 19.0 Å². The Balaban J connectivity index is 2.50. The fourth-order valence-corrected chi connectivity index (χ4v) is 1.63. The first-order chi connectivity index (χ1) is 6.16. The molecule has 0 aromatic heterocycles. The summed E-state index contributed by atoms with van der Waals surface area (Å²) in [6.07, 6.45) is 1.54. The van der Waals surface area contributed by atoms with Crippen LogP contribution in [-0.4, -0.2) is 41.6 Å². The molecule has 4 nitrogen and oxygen atoms in total. The van der Waals surface area contributed by atoms with Gasteiger partial charge in [0.1, 0.15) is 0 Å². The Morgan fingerprint density at radius 2 is 2.23 bits per heavy atom. The predicted molar refractivity (Wildman–Crippen MR) is 51.8 cm³/mol. The van der Waals surface area contributed by atoms with Crippen molar-refractivity contribution in [2.45, 2.75) is 32.7 Å². The summed E-state index contributed by atoms with van der Waals surface area (Å²) < 4.78 is 0. The van der Waals surface area contributed by atoms with Gasteiger partial charge in [-0.05, 0) is 26.8 Å². The van der Waals surface area contributed by atoms with Gasteiger partial charge in [-0.2, -0.15) is 0 Å². The Kier molecular flexibility index (Phi) is 3.69. The second-order valence-corrected chi connectivity index (χ2v) is 3.67. The smallest absolute Gasteiger partial charge is 0.238 e. The summed E-state index contributed by atoms with van der Waals surface area (Å²) in [4.78, 5) is 11.4. The van der Waals surface area contributed by atoms with E-state index in [9.17, 15) is 4.79 Å². The number of amides is 1. The minimum absolute atomic E-state index is 0.238. The first-order valence-electron chi connectivity index (χ1n) is 4.93. The number of carbonyl (C=O) groups is 1. The molecule has 2 N–H and O–H groups in total. The third-order valence-corrected chi connectivity index (χ3v) is 2.32. The molecule has 76 valence electrons. The summed E-state index contributed by atoms with van der Waals surface area (Å²) in [6, 6.07) is 0.407. The Hall–Kier alpha value is -0.610. The van der Waals surface area contributed by atoms with Gasteiger partial charge in [0.05, 0.1) is 0 Å². The summed E-state index contributed by atoms with van der Waals surface area (Å²) in [7, 11) is 0. The molecular formula is C9H19N3O. The summed E-state index contributed by atoms with van der Waals surface area (Å²) in [5.41, 5.74) is 5.42. The fourth-order valence-electron chi connectivity index (χ4n) is 1.63. The van der Waals surface area contributed by atoms with Crippen molar-refractivity contribution in [3.05, 3.63) is 0 Å². The number of nitrogens with zero attached hydrogens (tertiary/aromatic N) is 2. The van der Waals surface area contributed by atoms with Crippen LogP contribution in [0.5, 0.6) is 0 Å². The molecule has 0 radical (unpaired) electrons. The van der Waals surface area contributed by atoms with Crippen molar-refractivity contribution in [3.63, 3.8) is 0 Å². The van der Waals surface area contributed by atoms with Gasteiger partial charge in [-0.25, -0.2) is 5.01 Å². The molecule has 0 aromatic rings. The summed E-state index contributed by atoms with van der Waals surface area (Å²) in [5.74, 6) is 0.238. The van der Waals surface area contributed by atoms with Crippen molar-refractivity contribution >= 4 is 5.91 Å². The topological polar surface area (TPSA) is 49.6 Å². The molecule has 0 spiro atoms. The van der Waals surface area contributed by atoms with E-state index < -0.39 is 0 Å². The van der Waals surface area contributed by atoms with Gasteiger partial charge in [-0.3, -0.25) is 9.80 Å². The van der Waals surface area contributed by atoms with Crippen molar-refractivity contribution < 1.29 is 4.79 Å². The highest BCUT2D eigenvalue weighted by atomic mass is 16.2. The monoisotopic (exact) mass is 185 g/mol. The molecule has 0 saturated carbocycles. The quantitative estimate of drug-likeness (QED) is 0.680. The van der Waals surface area contributed by atoms with Crippen LogP contribution in [0.25, 0.3) is 0 Å². The van der Waals surface area contributed by atoms with Crippen molar-refractivity contribution in [1.29, 1.82) is 0 Å². The average molecular weight is 185 g/mol. The SMILES string of the molecule is CC(C)N1CCC(=O)N1CCCN. The molecule has 1 rings (SSSR count). The van der Waals surface area contributed by atoms with Gasteiger partial charge in [0.15, 0.2) is 0 Å². The number of hydrogen-bond acceptors (Lipinski definition) is 3. The molecule has 0 aliphatic carbocycles. The molecule has 0 bridgehead atoms. The van der Waals surface area contributed by atoms with Crippen LogP contribution < -0.4 is 5.73 Å². The molecule has 1 heterocycles. The van der Waals surface area contributed by atoms with Gasteiger partial charge in [0, 0.05) is 25.6 Å². The van der Waals surface area contributed by atoms with Crippen LogP contribution in [0.3, 0.4) is 0 Å². The Morgan fingerprint density at radius 3 is 2.77 bits per heavy atom. The fraction of sp³-hybridized carbons (Fsp3) is 0.889. The molecule has 1 amide bonds. The minimum Gasteiger partial charge on any atom is -0.330 e. The predicted octanol–water partition coefficient (Wildman–Crippen LogP) is 0.193. The molecule has 1 aliphatic heterocycles. The second kappa shape index (κ2) is 4.58. The Bertz CT molecular complexity index is 182. The molecule has 0 aromatic carbocycles. The van der Waals surface area contributed by atoms with Crippen LogP contribution in [0.4, 0.5) is 0 Å². The molecule has 1 aliphatic rings. The largest absolute Gasteiger partial charge is 0.330 e. The van der Waals surface area contributed by atoms with E-state index in [4.69, 9.17) is 5.73 Å². The van der Waals surface area contributed by atoms with Crippen LogP contribution >= 0.6 is 0 Å². The zero-order valence-electron chi connectivity index (χ0n) is 8.49. The van der Waals surface area contributed by atoms with Crippen molar-refractivity contribution in [2.24, 2.45) is 5.73 Å². The highest BCUT2D eigenvalue weighted by molar-refractivity contribution is 5.77. The second-order valence-electron chi connectivity index (χ2n) is 3.67. The van der Waals surface area contributed by atoms with Gasteiger partial charge < -0.3 is 5.73 Å². The van der Waals surface area contributed by atoms with E-state index in [0.717, 1.165) is 19.5 Å². The van der Waals surface area contributed by atoms with E-state index in [2.05, 4.69) is 18.9 Å². The maximum absolute atomic E-state index is 11.4. The van der Waals surface area contributed by atoms with Crippen LogP contribution in [0.15, 0.2) is 0 Å². The maximum atomic E-state index is 11.4. The van der Waals surface area contributed by atoms with Gasteiger partial charge in [-0.15, -0.1) is 0 Å². The van der Waals surface area contributed by atoms with E-state index in [1.807, 2.05) is 5.01 Å². The van der Waals surface area contributed by atoms with Crippen LogP contribution in [0.2, 0.25) is 0 Å². The van der Waals surface area contributed by atoms with Gasteiger partial charge in [0.25, 0.3) is 0 Å². The maximum Gasteiger partial charge on any atom is 0.238 e. The van der Waals surface area contributed by atoms with Crippen LogP contribution in [0.1, 0.15) is 26.7 Å². The molecule has 1 saturated heterocycles. The van der Waals surface area contributed by atoms with Crippen molar-refractivity contribution in [3.8, 4) is 0 Å². The number of hydrogen-bond donors (Lipinski definition) is 1. The molecule has 4 heteroatoms. The normalized spacial score (nSPS) is 19.1. The van der Waals surface area contributed by atoms with Gasteiger partial charge >= 0.3 is 0 Å². The Labute approximate surface area is 79.6 Å². The van der Waals surface area contributed by atoms with Crippen LogP contribution in [-0.2, 0) is 4.79 Å². The highest BCUT2D eigenvalue weighted by Gasteiger charge is 2.29. The van der Waals surface area contributed by atoms with E-state index in [1.54, 1.807) is 0 Å². The zero-order chi connectivity index (χ0) is 9.84. The lowest BCUT2D eigenvalue weighted by Gasteiger charge is -2.31. The number of carbonyl (C=O) groups excluding carboxylic acids is 1. The van der Waals surface area contributed by atoms with E-state index in [-0.39, 0.29) is 5.91 Å². The third-order valence-electron chi connectivity index (χ3n) is 2.32. The van der Waals surface area contributed by atoms with Crippen molar-refractivity contribution in [1.82, 2.24) is 10.0 Å². The minimum atomic E-state index is 0.238. The van der Waals surface area contributed by atoms with E-state index in [1.165, 1.54) is 0 Å². The lowest BCUT2D eigenvalue weighted by Crippen LogP contribution is -2.44. The summed E-state index contributed by atoms with van der Waals surface area (Å²) >= 11 is 0. The molecule has 0 unspecified atom stereocenters. The van der Waals surface area contributed by atoms with E-state index >= 15 is 0 Å². The average Bonchev–Trinajstić information content (AvgIpc) is 2.43. The number of rotatable bonds is 4. The first-order valence-corrected chi connectivity index (χ1v) is 4.93. The number of nitrogens with two attached hydrogens (primary N) is 1. The van der Waals surface area contributed by atoms with Gasteiger partial charge in [-0.1, -0.05) is 0 Å². The van der Waals surface area contributed by atoms with Crippen molar-refractivity contribution in [2.75, 3.05) is 19.6 Å². The lowest BCUT2D eigenvalue weighted by molar-refractivity contribution is -0.140. The molecule has 0 atom stereocenters. The van der Waals surface area contributed by atoms with Gasteiger partial charge in [0.2, 0.25) is 5.91 Å². The Morgan fingerprint density at radius 1 is 1.54 bits per heavy atom. The first kappa shape index (κ1) is 10.5. The standard InChI is InChI=1S/C9H19N3O/c1-8(2)11-7-4-9(13)12(11)6-3-5-10/h8H,3-7,10H2,1-2H3.